The van der Waals surface area contributed by atoms with Crippen molar-refractivity contribution in [2.24, 2.45) is 4.99 Å². The molecule has 1 aromatic heterocycles. The van der Waals surface area contributed by atoms with E-state index < -0.39 is 17.8 Å². The second kappa shape index (κ2) is 10.5. The first-order chi connectivity index (χ1) is 15.8. The fraction of sp³-hybridized carbons (Fsp3) is 0.231. The van der Waals surface area contributed by atoms with Crippen LogP contribution in [-0.4, -0.2) is 29.0 Å². The van der Waals surface area contributed by atoms with Crippen LogP contribution in [0.2, 0.25) is 0 Å². The molecule has 0 fully saturated rings. The summed E-state index contributed by atoms with van der Waals surface area (Å²) < 4.78 is 12.6. The number of carbonyl (C=O) groups excluding carboxylic acids is 3. The highest BCUT2D eigenvalue weighted by Crippen LogP contribution is 2.29. The summed E-state index contributed by atoms with van der Waals surface area (Å²) in [6.45, 7) is 6.17. The molecule has 0 aliphatic carbocycles. The minimum absolute atomic E-state index is 0.0504. The predicted molar refractivity (Wildman–Crippen MR) is 123 cm³/mol. The molecule has 7 nitrogen and oxygen atoms in total. The van der Waals surface area contributed by atoms with Crippen LogP contribution in [0.4, 0.5) is 0 Å². The van der Waals surface area contributed by atoms with Gasteiger partial charge < -0.3 is 9.47 Å². The fourth-order valence-electron chi connectivity index (χ4n) is 3.64. The Morgan fingerprint density at radius 2 is 1.55 bits per heavy atom. The first kappa shape index (κ1) is 23.7. The van der Waals surface area contributed by atoms with Crippen molar-refractivity contribution in [1.82, 2.24) is 4.57 Å². The van der Waals surface area contributed by atoms with Gasteiger partial charge in [0.05, 0.1) is 6.61 Å². The van der Waals surface area contributed by atoms with E-state index in [1.165, 1.54) is 13.8 Å². The molecular formula is C26H26N2O5. The minimum Gasteiger partial charge on any atom is -0.462 e. The quantitative estimate of drug-likeness (QED) is 0.536. The first-order valence-corrected chi connectivity index (χ1v) is 10.6. The molecule has 170 valence electrons. The molecule has 0 N–H and O–H groups in total. The molecule has 33 heavy (non-hydrogen) atoms. The van der Waals surface area contributed by atoms with E-state index in [1.54, 1.807) is 18.4 Å². The largest absolute Gasteiger partial charge is 0.462 e. The van der Waals surface area contributed by atoms with E-state index in [1.807, 2.05) is 60.7 Å². The molecule has 1 heterocycles. The van der Waals surface area contributed by atoms with Crippen LogP contribution in [0, 0.1) is 6.92 Å². The van der Waals surface area contributed by atoms with Gasteiger partial charge >= 0.3 is 11.9 Å². The molecule has 0 radical (unpaired) electrons. The summed E-state index contributed by atoms with van der Waals surface area (Å²) in [7, 11) is 0. The molecule has 3 rings (SSSR count). The first-order valence-electron chi connectivity index (χ1n) is 10.6. The van der Waals surface area contributed by atoms with Crippen molar-refractivity contribution in [3.63, 3.8) is 0 Å². The van der Waals surface area contributed by atoms with Crippen molar-refractivity contribution in [3.05, 3.63) is 88.5 Å². The molecular weight excluding hydrogens is 420 g/mol. The number of amides is 1. The standard InChI is InChI=1S/C26H26N2O5/c1-5-32-26(31)23-17(2)28(21-14-10-7-11-15-21)25(27-18(3)29)22(24(23)33-19(4)30)16-20-12-8-6-9-13-20/h6-15H,5,16H2,1-4H3. The van der Waals surface area contributed by atoms with Gasteiger partial charge in [0, 0.05) is 37.2 Å². The van der Waals surface area contributed by atoms with Gasteiger partial charge in [-0.15, -0.1) is 0 Å². The molecule has 3 aromatic rings. The summed E-state index contributed by atoms with van der Waals surface area (Å²) in [5, 5.41) is 0. The number of para-hydroxylation sites is 1. The summed E-state index contributed by atoms with van der Waals surface area (Å²) in [6, 6.07) is 18.7. The van der Waals surface area contributed by atoms with E-state index in [4.69, 9.17) is 9.47 Å². The summed E-state index contributed by atoms with van der Waals surface area (Å²) >= 11 is 0. The maximum Gasteiger partial charge on any atom is 0.343 e. The molecule has 0 aliphatic heterocycles. The molecule has 0 atom stereocenters. The Hall–Kier alpha value is -4.00. The van der Waals surface area contributed by atoms with Crippen LogP contribution in [-0.2, 0) is 20.7 Å². The van der Waals surface area contributed by atoms with Gasteiger partial charge in [-0.2, -0.15) is 4.99 Å². The van der Waals surface area contributed by atoms with Crippen LogP contribution in [0.3, 0.4) is 0 Å². The molecule has 0 spiro atoms. The normalized spacial score (nSPS) is 11.2. The van der Waals surface area contributed by atoms with Crippen molar-refractivity contribution in [2.75, 3.05) is 6.61 Å². The van der Waals surface area contributed by atoms with Gasteiger partial charge in [-0.05, 0) is 31.5 Å². The highest BCUT2D eigenvalue weighted by molar-refractivity contribution is 5.95. The Labute approximate surface area is 192 Å². The molecule has 7 heteroatoms. The van der Waals surface area contributed by atoms with E-state index in [9.17, 15) is 14.4 Å². The van der Waals surface area contributed by atoms with Crippen LogP contribution in [0.25, 0.3) is 5.69 Å². The lowest BCUT2D eigenvalue weighted by molar-refractivity contribution is -0.132. The third kappa shape index (κ3) is 5.44. The zero-order chi connectivity index (χ0) is 24.0. The van der Waals surface area contributed by atoms with Gasteiger partial charge in [0.2, 0.25) is 5.91 Å². The number of aromatic nitrogens is 1. The van der Waals surface area contributed by atoms with Crippen LogP contribution in [0.5, 0.6) is 5.75 Å². The van der Waals surface area contributed by atoms with Crippen molar-refractivity contribution in [3.8, 4) is 11.4 Å². The summed E-state index contributed by atoms with van der Waals surface area (Å²) in [5.41, 5.74) is 2.87. The van der Waals surface area contributed by atoms with Crippen LogP contribution < -0.4 is 10.2 Å². The van der Waals surface area contributed by atoms with E-state index in [0.717, 1.165) is 5.56 Å². The minimum atomic E-state index is -0.625. The number of benzene rings is 2. The lowest BCUT2D eigenvalue weighted by Crippen LogP contribution is -2.31. The van der Waals surface area contributed by atoms with Gasteiger partial charge in [0.1, 0.15) is 11.1 Å². The number of carbonyl (C=O) groups is 3. The van der Waals surface area contributed by atoms with E-state index in [0.29, 0.717) is 22.4 Å². The van der Waals surface area contributed by atoms with Crippen molar-refractivity contribution >= 4 is 17.8 Å². The molecule has 0 saturated carbocycles. The average Bonchev–Trinajstić information content (AvgIpc) is 2.77. The Morgan fingerprint density at radius 3 is 2.09 bits per heavy atom. The number of hydrogen-bond acceptors (Lipinski definition) is 5. The monoisotopic (exact) mass is 446 g/mol. The average molecular weight is 447 g/mol. The van der Waals surface area contributed by atoms with Gasteiger partial charge in [-0.25, -0.2) is 4.79 Å². The van der Waals surface area contributed by atoms with Crippen molar-refractivity contribution in [2.45, 2.75) is 34.1 Å². The van der Waals surface area contributed by atoms with Crippen LogP contribution in [0.1, 0.15) is 48.0 Å². The zero-order valence-electron chi connectivity index (χ0n) is 19.1. The SMILES string of the molecule is CCOC(=O)c1c(OC(C)=O)c(Cc2ccccc2)c(=NC(C)=O)n(-c2ccccc2)c1C. The van der Waals surface area contributed by atoms with Gasteiger partial charge in [0.15, 0.2) is 5.75 Å². The molecule has 0 aliphatic rings. The third-order valence-corrected chi connectivity index (χ3v) is 4.91. The fourth-order valence-corrected chi connectivity index (χ4v) is 3.64. The van der Waals surface area contributed by atoms with Crippen molar-refractivity contribution in [1.29, 1.82) is 0 Å². The maximum atomic E-state index is 13.1. The number of ether oxygens (including phenoxy) is 2. The molecule has 1 amide bonds. The summed E-state index contributed by atoms with van der Waals surface area (Å²) in [4.78, 5) is 41.6. The lowest BCUT2D eigenvalue weighted by Gasteiger charge is -2.22. The van der Waals surface area contributed by atoms with Crippen molar-refractivity contribution < 1.29 is 23.9 Å². The van der Waals surface area contributed by atoms with Gasteiger partial charge in [-0.3, -0.25) is 14.2 Å². The summed E-state index contributed by atoms with van der Waals surface area (Å²) in [6.07, 6.45) is 0.273. The maximum absolute atomic E-state index is 13.1. The van der Waals surface area contributed by atoms with E-state index in [-0.39, 0.29) is 24.3 Å². The summed E-state index contributed by atoms with van der Waals surface area (Å²) in [5.74, 6) is -1.60. The van der Waals surface area contributed by atoms with Crippen LogP contribution in [0.15, 0.2) is 65.7 Å². The van der Waals surface area contributed by atoms with Gasteiger partial charge in [0.25, 0.3) is 0 Å². The highest BCUT2D eigenvalue weighted by Gasteiger charge is 2.27. The van der Waals surface area contributed by atoms with Gasteiger partial charge in [-0.1, -0.05) is 48.5 Å². The third-order valence-electron chi connectivity index (χ3n) is 4.91. The lowest BCUT2D eigenvalue weighted by atomic mass is 10.0. The molecule has 0 saturated heterocycles. The highest BCUT2D eigenvalue weighted by atomic mass is 16.5. The smallest absolute Gasteiger partial charge is 0.343 e. The topological polar surface area (TPSA) is 87.0 Å². The number of esters is 2. The van der Waals surface area contributed by atoms with Crippen LogP contribution >= 0.6 is 0 Å². The molecule has 2 aromatic carbocycles. The number of nitrogens with zero attached hydrogens (tertiary/aromatic N) is 2. The number of rotatable bonds is 6. The predicted octanol–water partition coefficient (Wildman–Crippen LogP) is 3.93. The molecule has 0 bridgehead atoms. The van der Waals surface area contributed by atoms with E-state index >= 15 is 0 Å². The Kier molecular flexibility index (Phi) is 7.56. The number of hydrogen-bond donors (Lipinski definition) is 0. The zero-order valence-corrected chi connectivity index (χ0v) is 19.1. The second-order valence-corrected chi connectivity index (χ2v) is 7.37. The number of pyridine rings is 1. The Bertz CT molecular complexity index is 1250. The Morgan fingerprint density at radius 1 is 0.939 bits per heavy atom. The Balaban J connectivity index is 2.52. The van der Waals surface area contributed by atoms with E-state index in [2.05, 4.69) is 4.99 Å². The molecule has 0 unspecified atom stereocenters. The second-order valence-electron chi connectivity index (χ2n) is 7.37.